The molecule has 2 heterocycles. The van der Waals surface area contributed by atoms with Gasteiger partial charge in [0.05, 0.1) is 5.69 Å². The van der Waals surface area contributed by atoms with Gasteiger partial charge < -0.3 is 10.2 Å². The fourth-order valence-corrected chi connectivity index (χ4v) is 3.36. The third-order valence-corrected chi connectivity index (χ3v) is 4.58. The molecule has 1 N–H and O–H groups in total. The fraction of sp³-hybridized carbons (Fsp3) is 0.0769. The molecule has 0 radical (unpaired) electrons. The first-order chi connectivity index (χ1) is 9.97. The van der Waals surface area contributed by atoms with Crippen molar-refractivity contribution in [2.45, 2.75) is 4.90 Å². The van der Waals surface area contributed by atoms with E-state index in [9.17, 15) is 8.42 Å². The summed E-state index contributed by atoms with van der Waals surface area (Å²) in [6.45, 7) is 0. The van der Waals surface area contributed by atoms with Gasteiger partial charge in [-0.3, -0.25) is 4.98 Å². The molecular formula is C13H11ClN4O2S. The summed E-state index contributed by atoms with van der Waals surface area (Å²) in [4.78, 5) is 5.63. The van der Waals surface area contributed by atoms with Gasteiger partial charge in [0.25, 0.3) is 10.0 Å². The maximum absolute atomic E-state index is 12.2. The zero-order chi connectivity index (χ0) is 15.0. The van der Waals surface area contributed by atoms with E-state index in [1.165, 1.54) is 6.07 Å². The van der Waals surface area contributed by atoms with Crippen LogP contribution in [0.4, 0.5) is 11.4 Å². The van der Waals surface area contributed by atoms with Crippen LogP contribution in [0.1, 0.15) is 0 Å². The number of halogens is 1. The molecular weight excluding hydrogens is 312 g/mol. The zero-order valence-corrected chi connectivity index (χ0v) is 12.6. The number of nitrogens with zero attached hydrogens (tertiary/aromatic N) is 3. The van der Waals surface area contributed by atoms with E-state index in [1.54, 1.807) is 48.6 Å². The number of rotatable bonds is 1. The number of aromatic nitrogens is 1. The molecule has 6 nitrogen and oxygen atoms in total. The summed E-state index contributed by atoms with van der Waals surface area (Å²) in [5, 5.41) is 3.34. The van der Waals surface area contributed by atoms with E-state index < -0.39 is 10.0 Å². The molecule has 0 atom stereocenters. The lowest BCUT2D eigenvalue weighted by Gasteiger charge is -2.25. The number of sulfonamides is 1. The van der Waals surface area contributed by atoms with Crippen LogP contribution in [-0.2, 0) is 10.0 Å². The van der Waals surface area contributed by atoms with Crippen LogP contribution >= 0.6 is 11.6 Å². The second-order valence-corrected chi connectivity index (χ2v) is 6.43. The lowest BCUT2D eigenvalue weighted by Crippen LogP contribution is -2.36. The third-order valence-electron chi connectivity index (χ3n) is 3.04. The van der Waals surface area contributed by atoms with Crippen LogP contribution < -0.4 is 10.2 Å². The van der Waals surface area contributed by atoms with Crippen LogP contribution in [0, 0.1) is 0 Å². The van der Waals surface area contributed by atoms with Crippen molar-refractivity contribution in [3.05, 3.63) is 47.7 Å². The Kier molecular flexibility index (Phi) is 3.30. The van der Waals surface area contributed by atoms with E-state index in [0.717, 1.165) is 5.69 Å². The molecule has 0 aliphatic carbocycles. The van der Waals surface area contributed by atoms with Gasteiger partial charge in [-0.1, -0.05) is 11.6 Å². The average Bonchev–Trinajstić information content (AvgIpc) is 2.47. The van der Waals surface area contributed by atoms with E-state index in [2.05, 4.69) is 14.7 Å². The van der Waals surface area contributed by atoms with Gasteiger partial charge in [0.1, 0.15) is 4.90 Å². The minimum absolute atomic E-state index is 0.0712. The standard InChI is InChI=1S/C13H11ClN4O2S/c1-18(10-4-6-15-7-5-10)13-16-11-3-2-9(14)8-12(11)21(19,20)17-13/h2-8H,1H3,(H,16,17). The van der Waals surface area contributed by atoms with Crippen molar-refractivity contribution in [1.82, 2.24) is 4.98 Å². The largest absolute Gasteiger partial charge is 0.324 e. The fourth-order valence-electron chi connectivity index (χ4n) is 1.95. The van der Waals surface area contributed by atoms with Crippen molar-refractivity contribution in [3.63, 3.8) is 0 Å². The molecule has 8 heteroatoms. The van der Waals surface area contributed by atoms with E-state index in [-0.39, 0.29) is 10.9 Å². The van der Waals surface area contributed by atoms with Gasteiger partial charge in [-0.05, 0) is 30.3 Å². The molecule has 1 aromatic carbocycles. The van der Waals surface area contributed by atoms with Gasteiger partial charge in [0, 0.05) is 30.2 Å². The van der Waals surface area contributed by atoms with Crippen LogP contribution in [0.5, 0.6) is 0 Å². The van der Waals surface area contributed by atoms with Crippen molar-refractivity contribution in [2.75, 3.05) is 17.3 Å². The number of guanidine groups is 1. The molecule has 1 aliphatic rings. The molecule has 0 fully saturated rings. The van der Waals surface area contributed by atoms with Crippen LogP contribution in [0.2, 0.25) is 5.02 Å². The first-order valence-corrected chi connectivity index (χ1v) is 7.84. The summed E-state index contributed by atoms with van der Waals surface area (Å²) in [6.07, 6.45) is 3.24. The van der Waals surface area contributed by atoms with Crippen molar-refractivity contribution in [1.29, 1.82) is 0 Å². The van der Waals surface area contributed by atoms with Gasteiger partial charge in [-0.15, -0.1) is 4.40 Å². The van der Waals surface area contributed by atoms with Gasteiger partial charge in [-0.25, -0.2) is 0 Å². The number of pyridine rings is 1. The second-order valence-electron chi connectivity index (χ2n) is 4.42. The van der Waals surface area contributed by atoms with Gasteiger partial charge in [-0.2, -0.15) is 8.42 Å². The maximum Gasteiger partial charge on any atom is 0.287 e. The van der Waals surface area contributed by atoms with E-state index in [4.69, 9.17) is 11.6 Å². The molecule has 0 spiro atoms. The molecule has 0 saturated carbocycles. The lowest BCUT2D eigenvalue weighted by molar-refractivity contribution is 0.597. The Bertz CT molecular complexity index is 821. The summed E-state index contributed by atoms with van der Waals surface area (Å²) in [5.74, 6) is 0.219. The third kappa shape index (κ3) is 2.57. The molecule has 1 aliphatic heterocycles. The monoisotopic (exact) mass is 322 g/mol. The predicted molar refractivity (Wildman–Crippen MR) is 82.3 cm³/mol. The quantitative estimate of drug-likeness (QED) is 0.872. The van der Waals surface area contributed by atoms with Crippen molar-refractivity contribution < 1.29 is 8.42 Å². The minimum Gasteiger partial charge on any atom is -0.324 e. The Morgan fingerprint density at radius 1 is 1.19 bits per heavy atom. The van der Waals surface area contributed by atoms with Crippen LogP contribution in [0.3, 0.4) is 0 Å². The van der Waals surface area contributed by atoms with Gasteiger partial charge in [0.2, 0.25) is 5.96 Å². The van der Waals surface area contributed by atoms with Crippen LogP contribution in [0.15, 0.2) is 52.0 Å². The Balaban J connectivity index is 2.05. The lowest BCUT2D eigenvalue weighted by atomic mass is 10.3. The molecule has 1 aromatic heterocycles. The number of nitrogens with one attached hydrogen (secondary N) is 1. The number of anilines is 2. The second kappa shape index (κ2) is 5.01. The molecule has 21 heavy (non-hydrogen) atoms. The van der Waals surface area contributed by atoms with Crippen molar-refractivity contribution in [3.8, 4) is 0 Å². The maximum atomic E-state index is 12.2. The van der Waals surface area contributed by atoms with Crippen LogP contribution in [-0.4, -0.2) is 26.4 Å². The Morgan fingerprint density at radius 2 is 1.90 bits per heavy atom. The normalized spacial score (nSPS) is 15.6. The zero-order valence-electron chi connectivity index (χ0n) is 11.0. The highest BCUT2D eigenvalue weighted by atomic mass is 35.5. The summed E-state index contributed by atoms with van der Waals surface area (Å²) in [5.41, 5.74) is 1.22. The molecule has 0 unspecified atom stereocenters. The highest BCUT2D eigenvalue weighted by Crippen LogP contribution is 2.30. The topological polar surface area (TPSA) is 74.7 Å². The van der Waals surface area contributed by atoms with Gasteiger partial charge in [0.15, 0.2) is 0 Å². The molecule has 0 saturated heterocycles. The summed E-state index contributed by atoms with van der Waals surface area (Å²) < 4.78 is 28.3. The highest BCUT2D eigenvalue weighted by Gasteiger charge is 2.27. The molecule has 0 bridgehead atoms. The Labute approximate surface area is 127 Å². The number of hydrogen-bond donors (Lipinski definition) is 1. The first kappa shape index (κ1) is 13.8. The smallest absolute Gasteiger partial charge is 0.287 e. The Morgan fingerprint density at radius 3 is 2.62 bits per heavy atom. The molecule has 2 aromatic rings. The Hall–Kier alpha value is -2.12. The summed E-state index contributed by atoms with van der Waals surface area (Å²) in [6, 6.07) is 8.14. The molecule has 3 rings (SSSR count). The number of hydrogen-bond acceptors (Lipinski definition) is 5. The summed E-state index contributed by atoms with van der Waals surface area (Å²) in [7, 11) is -2.06. The molecule has 0 amide bonds. The van der Waals surface area contributed by atoms with Crippen LogP contribution in [0.25, 0.3) is 0 Å². The summed E-state index contributed by atoms with van der Waals surface area (Å²) >= 11 is 5.84. The SMILES string of the molecule is CN(C1=NS(=O)(=O)c2cc(Cl)ccc2N1)c1ccncc1. The number of benzene rings is 1. The van der Waals surface area contributed by atoms with E-state index >= 15 is 0 Å². The van der Waals surface area contributed by atoms with E-state index in [0.29, 0.717) is 10.7 Å². The number of fused-ring (bicyclic) bond motifs is 1. The first-order valence-electron chi connectivity index (χ1n) is 6.03. The highest BCUT2D eigenvalue weighted by molar-refractivity contribution is 7.90. The van der Waals surface area contributed by atoms with Crippen molar-refractivity contribution >= 4 is 39.0 Å². The predicted octanol–water partition coefficient (Wildman–Crippen LogP) is 2.34. The molecule has 108 valence electrons. The average molecular weight is 323 g/mol. The van der Waals surface area contributed by atoms with Gasteiger partial charge >= 0.3 is 0 Å². The minimum atomic E-state index is -3.78. The van der Waals surface area contributed by atoms with E-state index in [1.807, 2.05) is 0 Å². The van der Waals surface area contributed by atoms with Crippen molar-refractivity contribution in [2.24, 2.45) is 4.40 Å².